The summed E-state index contributed by atoms with van der Waals surface area (Å²) in [5.41, 5.74) is -1.14. The molecule has 2 rings (SSSR count). The molecule has 0 saturated heterocycles. The van der Waals surface area contributed by atoms with E-state index in [0.717, 1.165) is 12.1 Å². The lowest BCUT2D eigenvalue weighted by Gasteiger charge is -2.07. The van der Waals surface area contributed by atoms with Crippen molar-refractivity contribution >= 4 is 36.0 Å². The largest absolute Gasteiger partial charge is 0.478 e. The zero-order valence-corrected chi connectivity index (χ0v) is 13.0. The molecule has 0 aliphatic carbocycles. The Bertz CT molecular complexity index is 956. The van der Waals surface area contributed by atoms with Crippen LogP contribution in [0.1, 0.15) is 52.6 Å². The van der Waals surface area contributed by atoms with E-state index in [1.807, 2.05) is 0 Å². The van der Waals surface area contributed by atoms with E-state index in [2.05, 4.69) is 0 Å². The maximum absolute atomic E-state index is 11.4. The molecular formula is C18H12O8. The van der Waals surface area contributed by atoms with E-state index in [-0.39, 0.29) is 11.1 Å². The highest BCUT2D eigenvalue weighted by molar-refractivity contribution is 6.05. The van der Waals surface area contributed by atoms with Gasteiger partial charge < -0.3 is 20.4 Å². The van der Waals surface area contributed by atoms with Gasteiger partial charge >= 0.3 is 23.9 Å². The smallest absolute Gasteiger partial charge is 0.336 e. The molecule has 0 fully saturated rings. The minimum absolute atomic E-state index is 0.0260. The Balaban J connectivity index is 2.57. The van der Waals surface area contributed by atoms with Crippen LogP contribution >= 0.6 is 0 Å². The van der Waals surface area contributed by atoms with Gasteiger partial charge in [0.15, 0.2) is 0 Å². The molecule has 2 aromatic rings. The highest BCUT2D eigenvalue weighted by atomic mass is 16.4. The van der Waals surface area contributed by atoms with Crippen molar-refractivity contribution in [2.75, 3.05) is 0 Å². The number of carboxylic acid groups (broad SMARTS) is 4. The first-order valence-corrected chi connectivity index (χ1v) is 7.10. The summed E-state index contributed by atoms with van der Waals surface area (Å²) in [5.74, 6) is -5.63. The van der Waals surface area contributed by atoms with Gasteiger partial charge in [0.05, 0.1) is 22.3 Å². The predicted molar refractivity (Wildman–Crippen MR) is 89.6 cm³/mol. The number of carboxylic acids is 4. The van der Waals surface area contributed by atoms with Crippen molar-refractivity contribution in [2.24, 2.45) is 0 Å². The van der Waals surface area contributed by atoms with Crippen LogP contribution in [-0.4, -0.2) is 44.3 Å². The standard InChI is InChI=1S/C18H12O8/c19-15(20)11-3-1-2-9(6-11)4-5-10-7-13(17(23)24)14(18(25)26)8-12(10)16(21)22/h1-8H,(H,19,20)(H,21,22)(H,23,24)(H,25,26)/b5-4-. The molecule has 132 valence electrons. The summed E-state index contributed by atoms with van der Waals surface area (Å²) in [6.07, 6.45) is 2.68. The monoisotopic (exact) mass is 356 g/mol. The van der Waals surface area contributed by atoms with Gasteiger partial charge in [0.25, 0.3) is 0 Å². The first-order chi connectivity index (χ1) is 12.2. The van der Waals surface area contributed by atoms with Crippen molar-refractivity contribution in [3.63, 3.8) is 0 Å². The van der Waals surface area contributed by atoms with Gasteiger partial charge in [0.1, 0.15) is 0 Å². The molecule has 8 nitrogen and oxygen atoms in total. The Morgan fingerprint density at radius 3 is 1.77 bits per heavy atom. The van der Waals surface area contributed by atoms with Crippen LogP contribution in [0.3, 0.4) is 0 Å². The van der Waals surface area contributed by atoms with Crippen molar-refractivity contribution < 1.29 is 39.6 Å². The van der Waals surface area contributed by atoms with Gasteiger partial charge in [0.2, 0.25) is 0 Å². The van der Waals surface area contributed by atoms with Gasteiger partial charge in [-0.05, 0) is 35.4 Å². The average molecular weight is 356 g/mol. The second kappa shape index (κ2) is 7.31. The summed E-state index contributed by atoms with van der Waals surface area (Å²) in [5, 5.41) is 36.5. The van der Waals surface area contributed by atoms with Crippen LogP contribution < -0.4 is 0 Å². The molecule has 0 spiro atoms. The van der Waals surface area contributed by atoms with Crippen molar-refractivity contribution in [3.8, 4) is 0 Å². The zero-order chi connectivity index (χ0) is 19.4. The Labute approximate surface area is 146 Å². The maximum Gasteiger partial charge on any atom is 0.336 e. The number of hydrogen-bond donors (Lipinski definition) is 4. The fraction of sp³-hybridized carbons (Fsp3) is 0. The molecule has 0 heterocycles. The molecular weight excluding hydrogens is 344 g/mol. The lowest BCUT2D eigenvalue weighted by atomic mass is 9.97. The van der Waals surface area contributed by atoms with E-state index in [9.17, 15) is 24.3 Å². The molecule has 2 aromatic carbocycles. The molecule has 0 radical (unpaired) electrons. The highest BCUT2D eigenvalue weighted by Crippen LogP contribution is 2.21. The van der Waals surface area contributed by atoms with Gasteiger partial charge in [-0.1, -0.05) is 24.3 Å². The Kier molecular flexibility index (Phi) is 5.17. The van der Waals surface area contributed by atoms with Crippen molar-refractivity contribution in [1.29, 1.82) is 0 Å². The molecule has 0 unspecified atom stereocenters. The molecule has 0 aliphatic heterocycles. The number of rotatable bonds is 6. The summed E-state index contributed by atoms with van der Waals surface area (Å²) < 4.78 is 0. The lowest BCUT2D eigenvalue weighted by Crippen LogP contribution is -2.12. The molecule has 8 heteroatoms. The Morgan fingerprint density at radius 1 is 0.654 bits per heavy atom. The minimum atomic E-state index is -1.56. The van der Waals surface area contributed by atoms with E-state index in [1.165, 1.54) is 30.4 Å². The summed E-state index contributed by atoms with van der Waals surface area (Å²) in [4.78, 5) is 44.8. The zero-order valence-electron chi connectivity index (χ0n) is 13.0. The molecule has 0 atom stereocenters. The molecule has 0 amide bonds. The number of carbonyl (C=O) groups is 4. The summed E-state index contributed by atoms with van der Waals surface area (Å²) in [6.45, 7) is 0. The van der Waals surface area contributed by atoms with Crippen LogP contribution in [0.5, 0.6) is 0 Å². The van der Waals surface area contributed by atoms with Crippen LogP contribution in [-0.2, 0) is 0 Å². The van der Waals surface area contributed by atoms with E-state index < -0.39 is 40.6 Å². The summed E-state index contributed by atoms with van der Waals surface area (Å²) >= 11 is 0. The van der Waals surface area contributed by atoms with Gasteiger partial charge in [-0.2, -0.15) is 0 Å². The maximum atomic E-state index is 11.4. The molecule has 26 heavy (non-hydrogen) atoms. The number of hydrogen-bond acceptors (Lipinski definition) is 4. The molecule has 4 N–H and O–H groups in total. The van der Waals surface area contributed by atoms with Crippen molar-refractivity contribution in [3.05, 3.63) is 69.8 Å². The quantitative estimate of drug-likeness (QED) is 0.577. The van der Waals surface area contributed by atoms with Crippen LogP contribution in [0.4, 0.5) is 0 Å². The summed E-state index contributed by atoms with van der Waals surface area (Å²) in [7, 11) is 0. The molecule has 0 bridgehead atoms. The van der Waals surface area contributed by atoms with Crippen molar-refractivity contribution in [1.82, 2.24) is 0 Å². The van der Waals surface area contributed by atoms with Crippen LogP contribution in [0.25, 0.3) is 12.2 Å². The second-order valence-electron chi connectivity index (χ2n) is 5.16. The molecule has 0 aliphatic rings. The van der Waals surface area contributed by atoms with E-state index in [4.69, 9.17) is 15.3 Å². The third-order valence-electron chi connectivity index (χ3n) is 3.47. The highest BCUT2D eigenvalue weighted by Gasteiger charge is 2.21. The second-order valence-corrected chi connectivity index (χ2v) is 5.16. The Morgan fingerprint density at radius 2 is 1.23 bits per heavy atom. The average Bonchev–Trinajstić information content (AvgIpc) is 2.58. The topological polar surface area (TPSA) is 149 Å². The van der Waals surface area contributed by atoms with Gasteiger partial charge in [-0.25, -0.2) is 19.2 Å². The normalized spacial score (nSPS) is 10.6. The van der Waals surface area contributed by atoms with Gasteiger partial charge in [0, 0.05) is 0 Å². The SMILES string of the molecule is O=C(O)c1cccc(/C=C\c2cc(C(=O)O)c(C(=O)O)cc2C(=O)O)c1. The van der Waals surface area contributed by atoms with Gasteiger partial charge in [-0.3, -0.25) is 0 Å². The third-order valence-corrected chi connectivity index (χ3v) is 3.47. The van der Waals surface area contributed by atoms with Crippen LogP contribution in [0, 0.1) is 0 Å². The minimum Gasteiger partial charge on any atom is -0.478 e. The van der Waals surface area contributed by atoms with Crippen LogP contribution in [0.2, 0.25) is 0 Å². The van der Waals surface area contributed by atoms with E-state index in [1.54, 1.807) is 6.07 Å². The van der Waals surface area contributed by atoms with E-state index >= 15 is 0 Å². The first kappa shape index (κ1) is 18.4. The van der Waals surface area contributed by atoms with Crippen molar-refractivity contribution in [2.45, 2.75) is 0 Å². The lowest BCUT2D eigenvalue weighted by molar-refractivity contribution is 0.0649. The fourth-order valence-electron chi connectivity index (χ4n) is 2.25. The van der Waals surface area contributed by atoms with E-state index in [0.29, 0.717) is 5.56 Å². The number of benzene rings is 2. The fourth-order valence-corrected chi connectivity index (χ4v) is 2.25. The third kappa shape index (κ3) is 3.93. The Hall–Kier alpha value is -3.94. The predicted octanol–water partition coefficient (Wildman–Crippen LogP) is 2.65. The van der Waals surface area contributed by atoms with Crippen LogP contribution in [0.15, 0.2) is 36.4 Å². The molecule has 0 aromatic heterocycles. The summed E-state index contributed by atoms with van der Waals surface area (Å²) in [6, 6.07) is 7.54. The first-order valence-electron chi connectivity index (χ1n) is 7.10. The number of aromatic carboxylic acids is 4. The molecule has 0 saturated carbocycles. The van der Waals surface area contributed by atoms with Gasteiger partial charge in [-0.15, -0.1) is 0 Å².